The van der Waals surface area contributed by atoms with E-state index in [1.807, 2.05) is 19.1 Å². The molecule has 98 valence electrons. The molecule has 0 aliphatic rings. The molecule has 0 aromatic heterocycles. The maximum Gasteiger partial charge on any atom is 0.145 e. The number of rotatable bonds is 3. The van der Waals surface area contributed by atoms with Crippen molar-refractivity contribution >= 4 is 23.2 Å². The van der Waals surface area contributed by atoms with Crippen molar-refractivity contribution in [1.82, 2.24) is 0 Å². The summed E-state index contributed by atoms with van der Waals surface area (Å²) < 4.78 is 5.34. The number of alkyl halides is 2. The Balaban J connectivity index is 2.89. The van der Waals surface area contributed by atoms with E-state index >= 15 is 0 Å². The Labute approximate surface area is 129 Å². The molecule has 1 nitrogen and oxygen atoms in total. The molecule has 0 radical (unpaired) electrons. The Morgan fingerprint density at radius 2 is 1.65 bits per heavy atom. The van der Waals surface area contributed by atoms with Crippen LogP contribution in [0.25, 0.3) is 0 Å². The molecule has 0 spiro atoms. The largest absolute Gasteiger partial charge is 0.406 e. The van der Waals surface area contributed by atoms with Crippen LogP contribution >= 0.6 is 23.2 Å². The SMILES string of the molecule is C#CC#CC#CC#COc1cc(CCl)c(C)cc1CCl. The Morgan fingerprint density at radius 1 is 1.00 bits per heavy atom. The topological polar surface area (TPSA) is 9.23 Å². The van der Waals surface area contributed by atoms with Gasteiger partial charge in [0.2, 0.25) is 0 Å². The number of aryl methyl sites for hydroxylation is 1. The van der Waals surface area contributed by atoms with Gasteiger partial charge in [-0.15, -0.1) is 29.6 Å². The van der Waals surface area contributed by atoms with Gasteiger partial charge in [0.05, 0.1) is 5.88 Å². The molecule has 1 aromatic carbocycles. The van der Waals surface area contributed by atoms with Gasteiger partial charge in [-0.2, -0.15) is 0 Å². The average molecular weight is 301 g/mol. The van der Waals surface area contributed by atoms with Crippen LogP contribution in [-0.2, 0) is 11.8 Å². The fourth-order valence-electron chi connectivity index (χ4n) is 1.37. The van der Waals surface area contributed by atoms with Gasteiger partial charge in [0.25, 0.3) is 0 Å². The van der Waals surface area contributed by atoms with Crippen molar-refractivity contribution < 1.29 is 4.74 Å². The van der Waals surface area contributed by atoms with Crippen LogP contribution in [0, 0.1) is 55.0 Å². The van der Waals surface area contributed by atoms with Gasteiger partial charge >= 0.3 is 0 Å². The summed E-state index contributed by atoms with van der Waals surface area (Å²) in [7, 11) is 0. The van der Waals surface area contributed by atoms with Crippen LogP contribution in [0.15, 0.2) is 12.1 Å². The number of hydrogen-bond donors (Lipinski definition) is 0. The van der Waals surface area contributed by atoms with E-state index in [0.717, 1.165) is 16.7 Å². The zero-order valence-electron chi connectivity index (χ0n) is 10.8. The second-order valence-corrected chi connectivity index (χ2v) is 4.16. The molecule has 1 aromatic rings. The number of ether oxygens (including phenoxy) is 1. The Bertz CT molecular complexity index is 707. The van der Waals surface area contributed by atoms with E-state index in [4.69, 9.17) is 34.4 Å². The maximum absolute atomic E-state index is 5.87. The quantitative estimate of drug-likeness (QED) is 0.614. The van der Waals surface area contributed by atoms with Crippen molar-refractivity contribution in [2.45, 2.75) is 18.7 Å². The summed E-state index contributed by atoms with van der Waals surface area (Å²) in [4.78, 5) is 0. The number of halogens is 2. The third-order valence-corrected chi connectivity index (χ3v) is 2.92. The molecule has 0 N–H and O–H groups in total. The summed E-state index contributed by atoms with van der Waals surface area (Å²) in [6.45, 7) is 1.97. The van der Waals surface area contributed by atoms with Gasteiger partial charge < -0.3 is 4.74 Å². The lowest BCUT2D eigenvalue weighted by atomic mass is 10.1. The number of terminal acetylenes is 1. The first-order valence-electron chi connectivity index (χ1n) is 5.59. The Hall–Kier alpha value is -2.16. The van der Waals surface area contributed by atoms with E-state index in [1.54, 1.807) is 0 Å². The predicted octanol–water partition coefficient (Wildman–Crippen LogP) is 3.45. The fourth-order valence-corrected chi connectivity index (χ4v) is 1.87. The molecule has 0 amide bonds. The molecule has 0 unspecified atom stereocenters. The van der Waals surface area contributed by atoms with Crippen molar-refractivity contribution in [2.24, 2.45) is 0 Å². The van der Waals surface area contributed by atoms with E-state index in [2.05, 4.69) is 41.6 Å². The van der Waals surface area contributed by atoms with E-state index in [-0.39, 0.29) is 0 Å². The van der Waals surface area contributed by atoms with Crippen LogP contribution in [-0.4, -0.2) is 0 Å². The normalized spacial score (nSPS) is 7.90. The third kappa shape index (κ3) is 4.84. The molecule has 0 fully saturated rings. The highest BCUT2D eigenvalue weighted by molar-refractivity contribution is 6.17. The molecule has 1 rings (SSSR count). The standard InChI is InChI=1S/C17H10Cl2O/c1-3-4-5-6-7-8-9-20-17-11-15(12-18)14(2)10-16(17)13-19/h1,10-11H,12-13H2,2H3. The summed E-state index contributed by atoms with van der Waals surface area (Å²) in [6, 6.07) is 3.77. The zero-order valence-corrected chi connectivity index (χ0v) is 12.3. The van der Waals surface area contributed by atoms with Crippen molar-refractivity contribution in [2.75, 3.05) is 0 Å². The first-order valence-corrected chi connectivity index (χ1v) is 6.66. The smallest absolute Gasteiger partial charge is 0.145 e. The van der Waals surface area contributed by atoms with Crippen LogP contribution in [0.3, 0.4) is 0 Å². The lowest BCUT2D eigenvalue weighted by Gasteiger charge is -2.09. The molecule has 0 saturated carbocycles. The molecule has 0 atom stereocenters. The monoisotopic (exact) mass is 300 g/mol. The second-order valence-electron chi connectivity index (χ2n) is 3.63. The highest BCUT2D eigenvalue weighted by atomic mass is 35.5. The molecule has 0 saturated heterocycles. The minimum Gasteiger partial charge on any atom is -0.406 e. The highest BCUT2D eigenvalue weighted by Crippen LogP contribution is 2.26. The van der Waals surface area contributed by atoms with Crippen molar-refractivity contribution in [1.29, 1.82) is 0 Å². The third-order valence-electron chi connectivity index (χ3n) is 2.34. The van der Waals surface area contributed by atoms with Crippen LogP contribution in [0.1, 0.15) is 16.7 Å². The average Bonchev–Trinajstić information content (AvgIpc) is 2.47. The molecule has 0 aliphatic carbocycles. The number of hydrogen-bond acceptors (Lipinski definition) is 1. The molecule has 0 aliphatic heterocycles. The maximum atomic E-state index is 5.87. The highest BCUT2D eigenvalue weighted by Gasteiger charge is 2.07. The van der Waals surface area contributed by atoms with Gasteiger partial charge in [-0.3, -0.25) is 0 Å². The molecule has 3 heteroatoms. The zero-order chi connectivity index (χ0) is 14.8. The van der Waals surface area contributed by atoms with Gasteiger partial charge in [-0.25, -0.2) is 0 Å². The van der Waals surface area contributed by atoms with E-state index in [9.17, 15) is 0 Å². The summed E-state index contributed by atoms with van der Waals surface area (Å²) in [5.74, 6) is 15.8. The van der Waals surface area contributed by atoms with Gasteiger partial charge in [0.15, 0.2) is 0 Å². The van der Waals surface area contributed by atoms with Crippen molar-refractivity contribution in [3.63, 3.8) is 0 Å². The summed E-state index contributed by atoms with van der Waals surface area (Å²) in [6.07, 6.45) is 7.42. The predicted molar refractivity (Wildman–Crippen MR) is 83.1 cm³/mol. The van der Waals surface area contributed by atoms with Crippen LogP contribution in [0.2, 0.25) is 0 Å². The lowest BCUT2D eigenvalue weighted by molar-refractivity contribution is 0.514. The molecule has 20 heavy (non-hydrogen) atoms. The van der Waals surface area contributed by atoms with E-state index in [0.29, 0.717) is 17.5 Å². The molecular weight excluding hydrogens is 291 g/mol. The summed E-state index contributed by atoms with van der Waals surface area (Å²) in [5, 5.41) is 0. The first kappa shape index (κ1) is 15.9. The first-order chi connectivity index (χ1) is 9.72. The minimum atomic E-state index is 0.333. The molecule has 0 bridgehead atoms. The van der Waals surface area contributed by atoms with Crippen LogP contribution in [0.4, 0.5) is 0 Å². The Kier molecular flexibility index (Phi) is 7.04. The number of benzene rings is 1. The van der Waals surface area contributed by atoms with Crippen LogP contribution < -0.4 is 4.74 Å². The van der Waals surface area contributed by atoms with Gasteiger partial charge in [0.1, 0.15) is 11.9 Å². The van der Waals surface area contributed by atoms with Crippen molar-refractivity contribution in [3.8, 4) is 53.8 Å². The molecular formula is C17H10Cl2O. The fraction of sp³-hybridized carbons (Fsp3) is 0.176. The van der Waals surface area contributed by atoms with Crippen molar-refractivity contribution in [3.05, 3.63) is 28.8 Å². The minimum absolute atomic E-state index is 0.333. The Morgan fingerprint density at radius 3 is 2.30 bits per heavy atom. The van der Waals surface area contributed by atoms with Gasteiger partial charge in [-0.05, 0) is 41.9 Å². The summed E-state index contributed by atoms with van der Waals surface area (Å²) >= 11 is 11.7. The van der Waals surface area contributed by atoms with E-state index < -0.39 is 0 Å². The van der Waals surface area contributed by atoms with Crippen LogP contribution in [0.5, 0.6) is 5.75 Å². The van der Waals surface area contributed by atoms with E-state index in [1.165, 1.54) is 0 Å². The van der Waals surface area contributed by atoms with Gasteiger partial charge in [0, 0.05) is 29.2 Å². The molecule has 0 heterocycles. The van der Waals surface area contributed by atoms with Gasteiger partial charge in [-0.1, -0.05) is 6.07 Å². The summed E-state index contributed by atoms with van der Waals surface area (Å²) in [5.41, 5.74) is 2.90. The second kappa shape index (κ2) is 8.86. The lowest BCUT2D eigenvalue weighted by Crippen LogP contribution is -1.94.